The maximum atomic E-state index is 12.0. The summed E-state index contributed by atoms with van der Waals surface area (Å²) in [6, 6.07) is 9.48. The van der Waals surface area contributed by atoms with Crippen molar-refractivity contribution in [2.24, 2.45) is 4.99 Å². The molecule has 1 aromatic rings. The lowest BCUT2D eigenvalue weighted by Gasteiger charge is -2.27. The zero-order valence-electron chi connectivity index (χ0n) is 18.7. The first-order valence-electron chi connectivity index (χ1n) is 11.2. The Morgan fingerprint density at radius 1 is 1.17 bits per heavy atom. The van der Waals surface area contributed by atoms with Crippen LogP contribution in [0.15, 0.2) is 29.3 Å². The van der Waals surface area contributed by atoms with Crippen LogP contribution in [-0.4, -0.2) is 67.0 Å². The number of aliphatic imine (C=N–C) groups is 1. The van der Waals surface area contributed by atoms with Crippen molar-refractivity contribution in [2.45, 2.75) is 58.5 Å². The number of amides is 1. The number of hydrogen-bond acceptors (Lipinski definition) is 3. The summed E-state index contributed by atoms with van der Waals surface area (Å²) in [5.41, 5.74) is 2.64. The summed E-state index contributed by atoms with van der Waals surface area (Å²) in [6.07, 6.45) is 4.10. The van der Waals surface area contributed by atoms with Gasteiger partial charge in [-0.05, 0) is 51.8 Å². The van der Waals surface area contributed by atoms with Gasteiger partial charge >= 0.3 is 0 Å². The zero-order chi connectivity index (χ0) is 20.6. The monoisotopic (exact) mass is 527 g/mol. The lowest BCUT2D eigenvalue weighted by molar-refractivity contribution is -0.129. The van der Waals surface area contributed by atoms with Crippen LogP contribution in [0.4, 0.5) is 0 Å². The Hall–Kier alpha value is -1.35. The number of nitrogens with zero attached hydrogens (tertiary/aromatic N) is 3. The molecule has 7 heteroatoms. The van der Waals surface area contributed by atoms with Crippen LogP contribution in [-0.2, 0) is 4.79 Å². The number of benzene rings is 1. The summed E-state index contributed by atoms with van der Waals surface area (Å²) in [5, 5.41) is 6.95. The molecular weight excluding hydrogens is 489 g/mol. The summed E-state index contributed by atoms with van der Waals surface area (Å²) in [4.78, 5) is 21.4. The minimum Gasteiger partial charge on any atom is -0.357 e. The summed E-state index contributed by atoms with van der Waals surface area (Å²) in [7, 11) is 0. The molecule has 168 valence electrons. The second-order valence-electron chi connectivity index (χ2n) is 8.21. The minimum atomic E-state index is 0. The van der Waals surface area contributed by atoms with Gasteiger partial charge in [-0.1, -0.05) is 36.8 Å². The van der Waals surface area contributed by atoms with Crippen LogP contribution < -0.4 is 10.6 Å². The lowest BCUT2D eigenvalue weighted by Crippen LogP contribution is -2.45. The van der Waals surface area contributed by atoms with Crippen molar-refractivity contribution in [1.82, 2.24) is 20.4 Å². The largest absolute Gasteiger partial charge is 0.357 e. The summed E-state index contributed by atoms with van der Waals surface area (Å²) < 4.78 is 0. The van der Waals surface area contributed by atoms with Crippen molar-refractivity contribution >= 4 is 35.8 Å². The standard InChI is InChI=1S/C23H37N5O.HI/c1-4-22(29)28-15-12-20(17-28)26-23(24-5-2)25-16-21(27-13-6-7-14-27)19-10-8-18(3)9-11-19;/h8-11,20-21H,4-7,12-17H2,1-3H3,(H2,24,25,26);1H. The van der Waals surface area contributed by atoms with Gasteiger partial charge in [-0.3, -0.25) is 14.7 Å². The van der Waals surface area contributed by atoms with Crippen molar-refractivity contribution in [1.29, 1.82) is 0 Å². The first-order chi connectivity index (χ1) is 14.1. The molecule has 0 aliphatic carbocycles. The summed E-state index contributed by atoms with van der Waals surface area (Å²) in [5.74, 6) is 1.10. The molecule has 0 saturated carbocycles. The van der Waals surface area contributed by atoms with E-state index in [0.29, 0.717) is 12.5 Å². The number of aryl methyl sites for hydroxylation is 1. The third kappa shape index (κ3) is 6.83. The van der Waals surface area contributed by atoms with Crippen LogP contribution in [0.2, 0.25) is 0 Å². The Balaban J connectivity index is 0.00000320. The topological polar surface area (TPSA) is 60.0 Å². The molecule has 0 bridgehead atoms. The van der Waals surface area contributed by atoms with Crippen LogP contribution in [0, 0.1) is 6.92 Å². The highest BCUT2D eigenvalue weighted by Crippen LogP contribution is 2.25. The smallest absolute Gasteiger partial charge is 0.222 e. The van der Waals surface area contributed by atoms with E-state index in [1.54, 1.807) is 0 Å². The van der Waals surface area contributed by atoms with E-state index in [1.165, 1.54) is 24.0 Å². The molecule has 0 radical (unpaired) electrons. The van der Waals surface area contributed by atoms with E-state index >= 15 is 0 Å². The normalized spacial score (nSPS) is 20.7. The van der Waals surface area contributed by atoms with Gasteiger partial charge in [-0.25, -0.2) is 0 Å². The second-order valence-corrected chi connectivity index (χ2v) is 8.21. The van der Waals surface area contributed by atoms with Crippen LogP contribution in [0.25, 0.3) is 0 Å². The Bertz CT molecular complexity index is 687. The third-order valence-corrected chi connectivity index (χ3v) is 5.99. The van der Waals surface area contributed by atoms with Crippen molar-refractivity contribution in [3.8, 4) is 0 Å². The van der Waals surface area contributed by atoms with Gasteiger partial charge in [-0.2, -0.15) is 0 Å². The Labute approximate surface area is 198 Å². The first kappa shape index (κ1) is 24.9. The molecule has 2 fully saturated rings. The molecule has 2 atom stereocenters. The fourth-order valence-electron chi connectivity index (χ4n) is 4.29. The van der Waals surface area contributed by atoms with E-state index in [4.69, 9.17) is 4.99 Å². The molecule has 2 aliphatic rings. The number of carbonyl (C=O) groups excluding carboxylic acids is 1. The quantitative estimate of drug-likeness (QED) is 0.325. The van der Waals surface area contributed by atoms with Gasteiger partial charge in [0.2, 0.25) is 5.91 Å². The highest BCUT2D eigenvalue weighted by atomic mass is 127. The van der Waals surface area contributed by atoms with Crippen molar-refractivity contribution in [3.05, 3.63) is 35.4 Å². The van der Waals surface area contributed by atoms with E-state index in [2.05, 4.69) is 53.6 Å². The molecule has 30 heavy (non-hydrogen) atoms. The SMILES string of the molecule is CCNC(=NCC(c1ccc(C)cc1)N1CCCC1)NC1CCN(C(=O)CC)C1.I. The Morgan fingerprint density at radius 3 is 2.50 bits per heavy atom. The van der Waals surface area contributed by atoms with Crippen molar-refractivity contribution in [2.75, 3.05) is 39.3 Å². The molecule has 2 unspecified atom stereocenters. The molecular formula is C23H38IN5O. The van der Waals surface area contributed by atoms with Crippen LogP contribution >= 0.6 is 24.0 Å². The van der Waals surface area contributed by atoms with Gasteiger partial charge in [-0.15, -0.1) is 24.0 Å². The molecule has 3 rings (SSSR count). The van der Waals surface area contributed by atoms with E-state index in [-0.39, 0.29) is 35.9 Å². The highest BCUT2D eigenvalue weighted by molar-refractivity contribution is 14.0. The predicted octanol–water partition coefficient (Wildman–Crippen LogP) is 3.32. The summed E-state index contributed by atoms with van der Waals surface area (Å²) >= 11 is 0. The van der Waals surface area contributed by atoms with E-state index in [1.807, 2.05) is 11.8 Å². The van der Waals surface area contributed by atoms with Gasteiger partial charge in [0.25, 0.3) is 0 Å². The van der Waals surface area contributed by atoms with Gasteiger partial charge in [0.05, 0.1) is 12.6 Å². The Morgan fingerprint density at radius 2 is 1.87 bits per heavy atom. The molecule has 2 heterocycles. The van der Waals surface area contributed by atoms with Crippen molar-refractivity contribution < 1.29 is 4.79 Å². The number of guanidine groups is 1. The third-order valence-electron chi connectivity index (χ3n) is 5.99. The van der Waals surface area contributed by atoms with Crippen LogP contribution in [0.5, 0.6) is 0 Å². The Kier molecular flexibility index (Phi) is 10.4. The molecule has 2 N–H and O–H groups in total. The van der Waals surface area contributed by atoms with E-state index in [0.717, 1.165) is 51.6 Å². The second kappa shape index (κ2) is 12.5. The highest BCUT2D eigenvalue weighted by Gasteiger charge is 2.27. The average Bonchev–Trinajstić information content (AvgIpc) is 3.41. The van der Waals surface area contributed by atoms with Gasteiger partial charge in [0.1, 0.15) is 0 Å². The molecule has 0 aromatic heterocycles. The number of rotatable bonds is 7. The van der Waals surface area contributed by atoms with Gasteiger partial charge in [0, 0.05) is 32.1 Å². The van der Waals surface area contributed by atoms with E-state index in [9.17, 15) is 4.79 Å². The minimum absolute atomic E-state index is 0. The average molecular weight is 527 g/mol. The maximum Gasteiger partial charge on any atom is 0.222 e. The molecule has 0 spiro atoms. The van der Waals surface area contributed by atoms with Crippen LogP contribution in [0.1, 0.15) is 56.7 Å². The number of nitrogens with one attached hydrogen (secondary N) is 2. The van der Waals surface area contributed by atoms with Gasteiger partial charge < -0.3 is 15.5 Å². The number of halogens is 1. The molecule has 6 nitrogen and oxygen atoms in total. The maximum absolute atomic E-state index is 12.0. The number of carbonyl (C=O) groups is 1. The summed E-state index contributed by atoms with van der Waals surface area (Å²) in [6.45, 7) is 11.6. The fourth-order valence-corrected chi connectivity index (χ4v) is 4.29. The predicted molar refractivity (Wildman–Crippen MR) is 135 cm³/mol. The first-order valence-corrected chi connectivity index (χ1v) is 11.2. The molecule has 1 aromatic carbocycles. The van der Waals surface area contributed by atoms with Crippen molar-refractivity contribution in [3.63, 3.8) is 0 Å². The number of hydrogen-bond donors (Lipinski definition) is 2. The molecule has 2 aliphatic heterocycles. The fraction of sp³-hybridized carbons (Fsp3) is 0.652. The van der Waals surface area contributed by atoms with E-state index < -0.39 is 0 Å². The zero-order valence-corrected chi connectivity index (χ0v) is 21.0. The number of likely N-dealkylation sites (tertiary alicyclic amines) is 2. The molecule has 1 amide bonds. The lowest BCUT2D eigenvalue weighted by atomic mass is 10.0. The molecule has 2 saturated heterocycles. The van der Waals surface area contributed by atoms with Crippen LogP contribution in [0.3, 0.4) is 0 Å². The van der Waals surface area contributed by atoms with Gasteiger partial charge in [0.15, 0.2) is 5.96 Å².